The molecule has 9 heteroatoms. The van der Waals surface area contributed by atoms with Crippen molar-refractivity contribution in [2.45, 2.75) is 161 Å². The van der Waals surface area contributed by atoms with Gasteiger partial charge in [0.2, 0.25) is 5.91 Å². The molecule has 0 spiro atoms. The lowest BCUT2D eigenvalue weighted by Gasteiger charge is -2.25. The number of phosphoric ester groups is 1. The molecule has 47 heavy (non-hydrogen) atoms. The predicted molar refractivity (Wildman–Crippen MR) is 198 cm³/mol. The quantitative estimate of drug-likeness (QED) is 0.0209. The topological polar surface area (TPSA) is 105 Å². The SMILES string of the molecule is CCCCC/C=C\C=C/CCCCCCCCC(=O)NC(COP(=O)(O)OCC[N+](C)(C)C)C(O)/C=C/CCCCCCCCCC. The summed E-state index contributed by atoms with van der Waals surface area (Å²) < 4.78 is 23.4. The van der Waals surface area contributed by atoms with Gasteiger partial charge in [-0.1, -0.05) is 134 Å². The molecule has 0 aliphatic heterocycles. The monoisotopic (exact) mass is 686 g/mol. The molecule has 0 aromatic heterocycles. The fraction of sp³-hybridized carbons (Fsp3) is 0.816. The van der Waals surface area contributed by atoms with Crippen molar-refractivity contribution in [2.75, 3.05) is 40.9 Å². The largest absolute Gasteiger partial charge is 0.472 e. The molecule has 0 radical (unpaired) electrons. The van der Waals surface area contributed by atoms with Crippen LogP contribution in [0.25, 0.3) is 0 Å². The van der Waals surface area contributed by atoms with Crippen LogP contribution in [0.15, 0.2) is 36.5 Å². The number of unbranched alkanes of at least 4 members (excludes halogenated alkanes) is 17. The average Bonchev–Trinajstić information content (AvgIpc) is 3.01. The Morgan fingerprint density at radius 3 is 1.74 bits per heavy atom. The van der Waals surface area contributed by atoms with Crippen LogP contribution in [0.1, 0.15) is 149 Å². The molecule has 0 aromatic carbocycles. The molecule has 3 N–H and O–H groups in total. The molecule has 0 saturated carbocycles. The number of nitrogens with zero attached hydrogens (tertiary/aromatic N) is 1. The Morgan fingerprint density at radius 1 is 0.723 bits per heavy atom. The lowest BCUT2D eigenvalue weighted by atomic mass is 10.1. The van der Waals surface area contributed by atoms with Crippen molar-refractivity contribution in [3.05, 3.63) is 36.5 Å². The number of phosphoric acid groups is 1. The molecule has 3 unspecified atom stereocenters. The van der Waals surface area contributed by atoms with E-state index in [1.165, 1.54) is 77.0 Å². The molecule has 276 valence electrons. The zero-order valence-corrected chi connectivity index (χ0v) is 31.9. The van der Waals surface area contributed by atoms with E-state index in [4.69, 9.17) is 9.05 Å². The minimum atomic E-state index is -4.33. The van der Waals surface area contributed by atoms with Crippen molar-refractivity contribution >= 4 is 13.7 Å². The Bertz CT molecular complexity index is 871. The van der Waals surface area contributed by atoms with E-state index in [1.54, 1.807) is 6.08 Å². The van der Waals surface area contributed by atoms with E-state index in [2.05, 4.69) is 43.5 Å². The van der Waals surface area contributed by atoms with Gasteiger partial charge >= 0.3 is 7.82 Å². The third kappa shape index (κ3) is 33.0. The van der Waals surface area contributed by atoms with Crippen LogP contribution in [0.2, 0.25) is 0 Å². The number of aliphatic hydroxyl groups excluding tert-OH is 1. The van der Waals surface area contributed by atoms with Crippen LogP contribution in [0.4, 0.5) is 0 Å². The van der Waals surface area contributed by atoms with Gasteiger partial charge in [-0.3, -0.25) is 13.8 Å². The normalized spacial score (nSPS) is 15.1. The van der Waals surface area contributed by atoms with Crippen LogP contribution >= 0.6 is 7.82 Å². The summed E-state index contributed by atoms with van der Waals surface area (Å²) in [5.74, 6) is -0.194. The maximum Gasteiger partial charge on any atom is 0.472 e. The predicted octanol–water partition coefficient (Wildman–Crippen LogP) is 9.57. The Morgan fingerprint density at radius 2 is 1.19 bits per heavy atom. The second-order valence-electron chi connectivity index (χ2n) is 14.0. The molecule has 3 atom stereocenters. The average molecular weight is 686 g/mol. The molecule has 0 fully saturated rings. The van der Waals surface area contributed by atoms with Crippen molar-refractivity contribution in [1.29, 1.82) is 0 Å². The second-order valence-corrected chi connectivity index (χ2v) is 15.4. The van der Waals surface area contributed by atoms with Crippen LogP contribution in [-0.4, -0.2) is 73.4 Å². The van der Waals surface area contributed by atoms with Gasteiger partial charge in [-0.05, 0) is 44.9 Å². The lowest BCUT2D eigenvalue weighted by molar-refractivity contribution is -0.870. The van der Waals surface area contributed by atoms with E-state index < -0.39 is 20.0 Å². The molecule has 0 aliphatic carbocycles. The molecular formula is C38H74N2O6P+. The summed E-state index contributed by atoms with van der Waals surface area (Å²) in [6.07, 6.45) is 34.9. The molecule has 0 heterocycles. The Hall–Kier alpha value is -1.28. The summed E-state index contributed by atoms with van der Waals surface area (Å²) in [5.41, 5.74) is 0. The van der Waals surface area contributed by atoms with Crippen molar-refractivity contribution in [1.82, 2.24) is 5.32 Å². The standard InChI is InChI=1S/C38H73N2O6P/c1-6-8-10-12-14-16-18-19-20-21-22-24-26-28-30-32-38(42)39-36(35-46-47(43,44)45-34-33-40(3,4)5)37(41)31-29-27-25-23-17-15-13-11-9-7-2/h14,16,18-19,29,31,36-37,41H,6-13,15,17,20-28,30,32-35H2,1-5H3,(H-,39,42,43,44)/p+1/b16-14-,19-18-,31-29+. The van der Waals surface area contributed by atoms with E-state index in [9.17, 15) is 19.4 Å². The zero-order valence-electron chi connectivity index (χ0n) is 31.0. The first-order valence-corrected chi connectivity index (χ1v) is 20.4. The van der Waals surface area contributed by atoms with Gasteiger partial charge in [0, 0.05) is 6.42 Å². The molecular weight excluding hydrogens is 611 g/mol. The van der Waals surface area contributed by atoms with Crippen LogP contribution in [0.5, 0.6) is 0 Å². The van der Waals surface area contributed by atoms with E-state index >= 15 is 0 Å². The number of aliphatic hydroxyl groups is 1. The van der Waals surface area contributed by atoms with E-state index in [0.29, 0.717) is 17.4 Å². The van der Waals surface area contributed by atoms with Gasteiger partial charge in [0.15, 0.2) is 0 Å². The summed E-state index contributed by atoms with van der Waals surface area (Å²) in [5, 5.41) is 13.7. The molecule has 8 nitrogen and oxygen atoms in total. The van der Waals surface area contributed by atoms with E-state index in [1.807, 2.05) is 27.2 Å². The minimum absolute atomic E-state index is 0.0581. The zero-order chi connectivity index (χ0) is 35.1. The Labute approximate surface area is 289 Å². The van der Waals surface area contributed by atoms with Crippen molar-refractivity contribution < 1.29 is 32.9 Å². The number of hydrogen-bond acceptors (Lipinski definition) is 5. The van der Waals surface area contributed by atoms with Crippen LogP contribution in [-0.2, 0) is 18.4 Å². The summed E-state index contributed by atoms with van der Waals surface area (Å²) >= 11 is 0. The number of nitrogens with one attached hydrogen (secondary N) is 1. The van der Waals surface area contributed by atoms with Gasteiger partial charge in [-0.15, -0.1) is 0 Å². The van der Waals surface area contributed by atoms with Crippen LogP contribution in [0.3, 0.4) is 0 Å². The van der Waals surface area contributed by atoms with E-state index in [0.717, 1.165) is 51.4 Å². The first kappa shape index (κ1) is 45.7. The van der Waals surface area contributed by atoms with Crippen molar-refractivity contribution in [3.8, 4) is 0 Å². The fourth-order valence-electron chi connectivity index (χ4n) is 5.03. The maximum atomic E-state index is 12.8. The smallest absolute Gasteiger partial charge is 0.387 e. The first-order chi connectivity index (χ1) is 22.5. The minimum Gasteiger partial charge on any atom is -0.387 e. The number of hydrogen-bond donors (Lipinski definition) is 3. The number of rotatable bonds is 33. The number of carbonyl (C=O) groups excluding carboxylic acids is 1. The lowest BCUT2D eigenvalue weighted by Crippen LogP contribution is -2.45. The third-order valence-electron chi connectivity index (χ3n) is 8.13. The van der Waals surface area contributed by atoms with E-state index in [-0.39, 0.29) is 19.1 Å². The Balaban J connectivity index is 4.54. The Kier molecular flexibility index (Phi) is 29.9. The highest BCUT2D eigenvalue weighted by molar-refractivity contribution is 7.47. The highest BCUT2D eigenvalue weighted by Gasteiger charge is 2.27. The van der Waals surface area contributed by atoms with Crippen LogP contribution in [0, 0.1) is 0 Å². The number of likely N-dealkylation sites (N-methyl/N-ethyl adjacent to an activating group) is 1. The highest BCUT2D eigenvalue weighted by atomic mass is 31.2. The number of amides is 1. The first-order valence-electron chi connectivity index (χ1n) is 18.9. The number of carbonyl (C=O) groups is 1. The second kappa shape index (κ2) is 30.8. The summed E-state index contributed by atoms with van der Waals surface area (Å²) in [4.78, 5) is 22.9. The molecule has 1 amide bonds. The van der Waals surface area contributed by atoms with Crippen molar-refractivity contribution in [2.24, 2.45) is 0 Å². The fourth-order valence-corrected chi connectivity index (χ4v) is 5.76. The molecule has 0 aromatic rings. The maximum absolute atomic E-state index is 12.8. The van der Waals surface area contributed by atoms with Gasteiger partial charge in [0.1, 0.15) is 13.2 Å². The van der Waals surface area contributed by atoms with Gasteiger partial charge in [-0.25, -0.2) is 4.57 Å². The van der Waals surface area contributed by atoms with Gasteiger partial charge in [-0.2, -0.15) is 0 Å². The summed E-state index contributed by atoms with van der Waals surface area (Å²) in [6.45, 7) is 4.72. The third-order valence-corrected chi connectivity index (χ3v) is 9.12. The van der Waals surface area contributed by atoms with Gasteiger partial charge < -0.3 is 19.8 Å². The number of allylic oxidation sites excluding steroid dienone is 5. The van der Waals surface area contributed by atoms with Gasteiger partial charge in [0.05, 0.1) is 39.9 Å². The summed E-state index contributed by atoms with van der Waals surface area (Å²) in [6, 6.07) is -0.848. The molecule has 0 saturated heterocycles. The number of quaternary nitrogens is 1. The van der Waals surface area contributed by atoms with Crippen LogP contribution < -0.4 is 5.32 Å². The molecule has 0 aliphatic rings. The molecule has 0 rings (SSSR count). The molecule has 0 bridgehead atoms. The summed E-state index contributed by atoms with van der Waals surface area (Å²) in [7, 11) is 1.56. The van der Waals surface area contributed by atoms with Gasteiger partial charge in [0.25, 0.3) is 0 Å². The highest BCUT2D eigenvalue weighted by Crippen LogP contribution is 2.43. The van der Waals surface area contributed by atoms with Crippen molar-refractivity contribution in [3.63, 3.8) is 0 Å².